The smallest absolute Gasteiger partial charge is 0.262 e. The molecule has 0 radical (unpaired) electrons. The highest BCUT2D eigenvalue weighted by Gasteiger charge is 2.23. The Morgan fingerprint density at radius 2 is 1.39 bits per heavy atom. The Kier molecular flexibility index (Phi) is 7.27. The van der Waals surface area contributed by atoms with Crippen LogP contribution >= 0.6 is 0 Å². The molecule has 1 amide bonds. The average Bonchev–Trinajstić information content (AvgIpc) is 2.86. The Bertz CT molecular complexity index is 1510. The minimum atomic E-state index is -3.91. The number of carbonyl (C=O) groups is 1. The van der Waals surface area contributed by atoms with E-state index in [9.17, 15) is 13.2 Å². The monoisotopic (exact) mass is 498 g/mol. The van der Waals surface area contributed by atoms with Crippen molar-refractivity contribution in [1.29, 1.82) is 0 Å². The molecule has 184 valence electrons. The predicted molar refractivity (Wildman–Crippen MR) is 145 cm³/mol. The molecular formula is C30H30N2O3S. The van der Waals surface area contributed by atoms with Gasteiger partial charge in [-0.15, -0.1) is 0 Å². The van der Waals surface area contributed by atoms with Crippen LogP contribution in [0.25, 0.3) is 0 Å². The zero-order valence-corrected chi connectivity index (χ0v) is 21.7. The number of carbonyl (C=O) groups excluding carboxylic acids is 1. The topological polar surface area (TPSA) is 75.3 Å². The molecule has 4 aromatic carbocycles. The van der Waals surface area contributed by atoms with E-state index in [-0.39, 0.29) is 22.4 Å². The highest BCUT2D eigenvalue weighted by molar-refractivity contribution is 7.92. The molecule has 4 rings (SSSR count). The van der Waals surface area contributed by atoms with E-state index in [2.05, 4.69) is 10.0 Å². The Balaban J connectivity index is 1.67. The van der Waals surface area contributed by atoms with Crippen LogP contribution in [-0.4, -0.2) is 14.3 Å². The number of rotatable bonds is 7. The molecule has 0 aliphatic heterocycles. The van der Waals surface area contributed by atoms with Crippen LogP contribution in [0, 0.1) is 27.7 Å². The highest BCUT2D eigenvalue weighted by Crippen LogP contribution is 2.27. The van der Waals surface area contributed by atoms with Crippen molar-refractivity contribution in [2.24, 2.45) is 0 Å². The molecule has 5 nitrogen and oxygen atoms in total. The highest BCUT2D eigenvalue weighted by atomic mass is 32.2. The maximum Gasteiger partial charge on any atom is 0.262 e. The molecule has 0 saturated heterocycles. The molecule has 0 saturated carbocycles. The second kappa shape index (κ2) is 10.4. The first-order valence-electron chi connectivity index (χ1n) is 11.8. The molecule has 0 aromatic heterocycles. The molecule has 4 aromatic rings. The van der Waals surface area contributed by atoms with E-state index in [4.69, 9.17) is 0 Å². The van der Waals surface area contributed by atoms with E-state index < -0.39 is 10.0 Å². The maximum absolute atomic E-state index is 13.4. The second-order valence-electron chi connectivity index (χ2n) is 9.08. The van der Waals surface area contributed by atoms with Gasteiger partial charge in [-0.05, 0) is 79.3 Å². The third-order valence-corrected chi connectivity index (χ3v) is 7.79. The van der Waals surface area contributed by atoms with Gasteiger partial charge in [0.15, 0.2) is 0 Å². The summed E-state index contributed by atoms with van der Waals surface area (Å²) in [7, 11) is -3.91. The lowest BCUT2D eigenvalue weighted by Crippen LogP contribution is -2.30. The fraction of sp³-hybridized carbons (Fsp3) is 0.167. The van der Waals surface area contributed by atoms with Crippen LogP contribution in [0.15, 0.2) is 95.9 Å². The lowest BCUT2D eigenvalue weighted by molar-refractivity contribution is 0.0942. The van der Waals surface area contributed by atoms with Crippen LogP contribution < -0.4 is 10.0 Å². The van der Waals surface area contributed by atoms with Gasteiger partial charge in [0.25, 0.3) is 15.9 Å². The van der Waals surface area contributed by atoms with Crippen LogP contribution in [0.3, 0.4) is 0 Å². The molecule has 2 N–H and O–H groups in total. The quantitative estimate of drug-likeness (QED) is 0.317. The fourth-order valence-corrected chi connectivity index (χ4v) is 5.58. The van der Waals surface area contributed by atoms with Crippen LogP contribution in [-0.2, 0) is 10.0 Å². The largest absolute Gasteiger partial charge is 0.341 e. The standard InChI is InChI=1S/C30H30N2O3S/c1-20-14-15-22(3)27(18-20)32-36(34,35)28-19-25(17-16-23(28)4)30(33)31-29(24-11-6-5-7-12-24)26-13-9-8-10-21(26)2/h5-19,29,32H,1-4H3,(H,31,33)/t29-/m1/s1. The van der Waals surface area contributed by atoms with Gasteiger partial charge >= 0.3 is 0 Å². The van der Waals surface area contributed by atoms with Gasteiger partial charge in [0.05, 0.1) is 16.6 Å². The van der Waals surface area contributed by atoms with Crippen LogP contribution in [0.2, 0.25) is 0 Å². The van der Waals surface area contributed by atoms with Gasteiger partial charge in [0.1, 0.15) is 0 Å². The zero-order valence-electron chi connectivity index (χ0n) is 20.9. The molecule has 0 aliphatic rings. The number of hydrogen-bond acceptors (Lipinski definition) is 3. The Labute approximate surface area is 213 Å². The van der Waals surface area contributed by atoms with E-state index in [0.717, 1.165) is 27.8 Å². The zero-order chi connectivity index (χ0) is 25.9. The van der Waals surface area contributed by atoms with Crippen molar-refractivity contribution in [3.05, 3.63) is 130 Å². The van der Waals surface area contributed by atoms with Crippen molar-refractivity contribution >= 4 is 21.6 Å². The minimum absolute atomic E-state index is 0.0724. The van der Waals surface area contributed by atoms with Crippen molar-refractivity contribution in [1.82, 2.24) is 5.32 Å². The Hall–Kier alpha value is -3.90. The molecule has 36 heavy (non-hydrogen) atoms. The Morgan fingerprint density at radius 1 is 0.722 bits per heavy atom. The van der Waals surface area contributed by atoms with E-state index in [1.165, 1.54) is 6.07 Å². The summed E-state index contributed by atoms with van der Waals surface area (Å²) in [6.45, 7) is 7.49. The summed E-state index contributed by atoms with van der Waals surface area (Å²) in [6.07, 6.45) is 0. The van der Waals surface area contributed by atoms with Gasteiger partial charge in [0.2, 0.25) is 0 Å². The van der Waals surface area contributed by atoms with Crippen LogP contribution in [0.5, 0.6) is 0 Å². The molecule has 0 spiro atoms. The molecule has 6 heteroatoms. The SMILES string of the molecule is Cc1ccc(C)c(NS(=O)(=O)c2cc(C(=O)N[C@H](c3ccccc3)c3ccccc3C)ccc2C)c1. The maximum atomic E-state index is 13.4. The van der Waals surface area contributed by atoms with Gasteiger partial charge < -0.3 is 5.32 Å². The van der Waals surface area contributed by atoms with Gasteiger partial charge in [-0.2, -0.15) is 0 Å². The second-order valence-corrected chi connectivity index (χ2v) is 10.7. The van der Waals surface area contributed by atoms with Crippen molar-refractivity contribution in [2.45, 2.75) is 38.6 Å². The molecule has 0 unspecified atom stereocenters. The van der Waals surface area contributed by atoms with E-state index in [1.807, 2.05) is 87.5 Å². The molecule has 0 heterocycles. The molecule has 0 aliphatic carbocycles. The molecule has 1 atom stereocenters. The third-order valence-electron chi connectivity index (χ3n) is 6.29. The first kappa shape index (κ1) is 25.2. The number of amides is 1. The lowest BCUT2D eigenvalue weighted by Gasteiger charge is -2.22. The van der Waals surface area contributed by atoms with E-state index in [0.29, 0.717) is 11.3 Å². The van der Waals surface area contributed by atoms with Crippen molar-refractivity contribution in [2.75, 3.05) is 4.72 Å². The summed E-state index contributed by atoms with van der Waals surface area (Å²) in [5.74, 6) is -0.352. The predicted octanol–water partition coefficient (Wildman–Crippen LogP) is 6.24. The fourth-order valence-electron chi connectivity index (χ4n) is 4.19. The molecular weight excluding hydrogens is 468 g/mol. The van der Waals surface area contributed by atoms with Gasteiger partial charge in [-0.1, -0.05) is 72.8 Å². The molecule has 0 fully saturated rings. The number of hydrogen-bond donors (Lipinski definition) is 2. The van der Waals surface area contributed by atoms with Crippen molar-refractivity contribution in [3.63, 3.8) is 0 Å². The van der Waals surface area contributed by atoms with E-state index in [1.54, 1.807) is 25.1 Å². The summed E-state index contributed by atoms with van der Waals surface area (Å²) < 4.78 is 29.3. The van der Waals surface area contributed by atoms with Gasteiger partial charge in [-0.25, -0.2) is 8.42 Å². The van der Waals surface area contributed by atoms with Gasteiger partial charge in [0, 0.05) is 5.56 Å². The van der Waals surface area contributed by atoms with Crippen LogP contribution in [0.1, 0.15) is 49.8 Å². The number of sulfonamides is 1. The summed E-state index contributed by atoms with van der Waals surface area (Å²) in [6, 6.07) is 27.6. The molecule has 0 bridgehead atoms. The third kappa shape index (κ3) is 5.50. The summed E-state index contributed by atoms with van der Waals surface area (Å²) >= 11 is 0. The Morgan fingerprint density at radius 3 is 2.11 bits per heavy atom. The number of benzene rings is 4. The van der Waals surface area contributed by atoms with Gasteiger partial charge in [-0.3, -0.25) is 9.52 Å². The number of anilines is 1. The lowest BCUT2D eigenvalue weighted by atomic mass is 9.94. The van der Waals surface area contributed by atoms with Crippen LogP contribution in [0.4, 0.5) is 5.69 Å². The first-order valence-corrected chi connectivity index (χ1v) is 13.3. The summed E-state index contributed by atoms with van der Waals surface area (Å²) in [5.41, 5.74) is 6.10. The normalized spacial score (nSPS) is 12.1. The average molecular weight is 499 g/mol. The summed E-state index contributed by atoms with van der Waals surface area (Å²) in [5, 5.41) is 3.12. The van der Waals surface area contributed by atoms with E-state index >= 15 is 0 Å². The minimum Gasteiger partial charge on any atom is -0.341 e. The number of aryl methyl sites for hydroxylation is 4. The first-order chi connectivity index (χ1) is 17.2. The number of nitrogens with one attached hydrogen (secondary N) is 2. The summed E-state index contributed by atoms with van der Waals surface area (Å²) in [4.78, 5) is 13.5. The van der Waals surface area contributed by atoms with Crippen molar-refractivity contribution in [3.8, 4) is 0 Å². The van der Waals surface area contributed by atoms with Crippen molar-refractivity contribution < 1.29 is 13.2 Å².